The number of anilines is 1. The van der Waals surface area contributed by atoms with E-state index in [-0.39, 0.29) is 22.8 Å². The summed E-state index contributed by atoms with van der Waals surface area (Å²) in [7, 11) is -4.03. The highest BCUT2D eigenvalue weighted by atomic mass is 32.2. The lowest BCUT2D eigenvalue weighted by molar-refractivity contribution is -0.385. The second-order valence-corrected chi connectivity index (χ2v) is 10.1. The third kappa shape index (κ3) is 5.49. The summed E-state index contributed by atoms with van der Waals surface area (Å²) in [6.07, 6.45) is 0. The average molecular weight is 482 g/mol. The van der Waals surface area contributed by atoms with Crippen LogP contribution >= 0.6 is 0 Å². The van der Waals surface area contributed by atoms with Gasteiger partial charge >= 0.3 is 0 Å². The van der Waals surface area contributed by atoms with Gasteiger partial charge in [-0.1, -0.05) is 54.1 Å². The molecule has 178 valence electrons. The molecule has 0 radical (unpaired) electrons. The summed E-state index contributed by atoms with van der Waals surface area (Å²) in [6, 6.07) is 17.0. The molecule has 0 aliphatic heterocycles. The molecule has 0 atom stereocenters. The number of aryl methyl sites for hydroxylation is 3. The number of rotatable bonds is 8. The third-order valence-corrected chi connectivity index (χ3v) is 7.60. The van der Waals surface area contributed by atoms with E-state index in [0.29, 0.717) is 16.7 Å². The maximum atomic E-state index is 13.7. The van der Waals surface area contributed by atoms with E-state index in [9.17, 15) is 23.3 Å². The fraction of sp³-hybridized carbons (Fsp3) is 0.240. The Hall–Kier alpha value is -3.56. The van der Waals surface area contributed by atoms with Crippen LogP contribution in [-0.4, -0.2) is 30.1 Å². The van der Waals surface area contributed by atoms with Gasteiger partial charge in [0.25, 0.3) is 5.69 Å². The van der Waals surface area contributed by atoms with Crippen LogP contribution in [0, 0.1) is 37.8 Å². The summed E-state index contributed by atoms with van der Waals surface area (Å²) < 4.78 is 28.6. The number of hydrogen-bond acceptors (Lipinski definition) is 5. The van der Waals surface area contributed by atoms with E-state index in [0.717, 1.165) is 15.4 Å². The first-order valence-electron chi connectivity index (χ1n) is 10.7. The van der Waals surface area contributed by atoms with Crippen molar-refractivity contribution < 1.29 is 18.1 Å². The number of hydrogen-bond donors (Lipinski definition) is 1. The zero-order valence-electron chi connectivity index (χ0n) is 19.5. The van der Waals surface area contributed by atoms with Gasteiger partial charge in [0, 0.05) is 12.6 Å². The number of carbonyl (C=O) groups is 1. The van der Waals surface area contributed by atoms with Crippen molar-refractivity contribution in [2.24, 2.45) is 0 Å². The van der Waals surface area contributed by atoms with Crippen molar-refractivity contribution in [3.8, 4) is 0 Å². The van der Waals surface area contributed by atoms with Crippen molar-refractivity contribution in [3.63, 3.8) is 0 Å². The molecule has 1 N–H and O–H groups in total. The summed E-state index contributed by atoms with van der Waals surface area (Å²) in [5, 5.41) is 13.9. The molecule has 0 spiro atoms. The van der Waals surface area contributed by atoms with Crippen molar-refractivity contribution in [2.45, 2.75) is 39.1 Å². The van der Waals surface area contributed by atoms with E-state index >= 15 is 0 Å². The second kappa shape index (κ2) is 10.1. The first kappa shape index (κ1) is 25.1. The number of nitro benzene ring substituents is 1. The van der Waals surface area contributed by atoms with Crippen LogP contribution in [-0.2, 0) is 21.4 Å². The minimum atomic E-state index is -4.03. The Balaban J connectivity index is 1.97. The van der Waals surface area contributed by atoms with Gasteiger partial charge in [-0.2, -0.15) is 4.31 Å². The molecular weight excluding hydrogens is 454 g/mol. The van der Waals surface area contributed by atoms with E-state index in [2.05, 4.69) is 5.32 Å². The Morgan fingerprint density at radius 2 is 1.59 bits per heavy atom. The predicted octanol–water partition coefficient (Wildman–Crippen LogP) is 4.66. The number of amides is 1. The first-order chi connectivity index (χ1) is 16.0. The largest absolute Gasteiger partial charge is 0.324 e. The Kier molecular flexibility index (Phi) is 7.48. The highest BCUT2D eigenvalue weighted by Crippen LogP contribution is 2.28. The van der Waals surface area contributed by atoms with Crippen molar-refractivity contribution in [2.75, 3.05) is 11.9 Å². The SMILES string of the molecule is Cc1cc(C)c(S(=O)(=O)N(CC(=O)Nc2cccc([N+](=O)[O-])c2C)Cc2ccccc2)c(C)c1. The van der Waals surface area contributed by atoms with Crippen LogP contribution in [0.5, 0.6) is 0 Å². The maximum absolute atomic E-state index is 13.7. The maximum Gasteiger partial charge on any atom is 0.274 e. The summed E-state index contributed by atoms with van der Waals surface area (Å²) >= 11 is 0. The monoisotopic (exact) mass is 481 g/mol. The first-order valence-corrected chi connectivity index (χ1v) is 12.1. The molecule has 3 aromatic carbocycles. The van der Waals surface area contributed by atoms with Crippen molar-refractivity contribution in [1.82, 2.24) is 4.31 Å². The van der Waals surface area contributed by atoms with Gasteiger partial charge < -0.3 is 5.32 Å². The second-order valence-electron chi connectivity index (χ2n) is 8.24. The molecule has 0 bridgehead atoms. The molecule has 0 aromatic heterocycles. The normalized spacial score (nSPS) is 11.4. The number of nitro groups is 1. The molecule has 0 saturated heterocycles. The molecule has 9 heteroatoms. The minimum Gasteiger partial charge on any atom is -0.324 e. The molecule has 1 amide bonds. The molecule has 34 heavy (non-hydrogen) atoms. The standard InChI is InChI=1S/C25H27N3O5S/c1-17-13-18(2)25(19(3)14-17)34(32,33)27(15-21-9-6-5-7-10-21)16-24(29)26-22-11-8-12-23(20(22)4)28(30)31/h5-14H,15-16H2,1-4H3,(H,26,29). The van der Waals surface area contributed by atoms with Crippen LogP contribution in [0.15, 0.2) is 65.6 Å². The number of benzene rings is 3. The summed E-state index contributed by atoms with van der Waals surface area (Å²) in [6.45, 7) is 6.45. The van der Waals surface area contributed by atoms with Crippen LogP contribution in [0.4, 0.5) is 11.4 Å². The van der Waals surface area contributed by atoms with E-state index in [4.69, 9.17) is 0 Å². The van der Waals surface area contributed by atoms with E-state index in [1.165, 1.54) is 19.1 Å². The van der Waals surface area contributed by atoms with Crippen LogP contribution in [0.3, 0.4) is 0 Å². The Bertz CT molecular complexity index is 1310. The molecule has 0 aliphatic rings. The van der Waals surface area contributed by atoms with Gasteiger partial charge in [0.2, 0.25) is 15.9 Å². The summed E-state index contributed by atoms with van der Waals surface area (Å²) in [5.41, 5.74) is 3.31. The lowest BCUT2D eigenvalue weighted by Gasteiger charge is -2.24. The summed E-state index contributed by atoms with van der Waals surface area (Å²) in [5.74, 6) is -0.592. The van der Waals surface area contributed by atoms with E-state index < -0.39 is 27.4 Å². The van der Waals surface area contributed by atoms with E-state index in [1.54, 1.807) is 56.3 Å². The van der Waals surface area contributed by atoms with Crippen molar-refractivity contribution >= 4 is 27.3 Å². The quantitative estimate of drug-likeness (QED) is 0.372. The molecule has 8 nitrogen and oxygen atoms in total. The number of nitrogens with zero attached hydrogens (tertiary/aromatic N) is 2. The molecule has 0 unspecified atom stereocenters. The zero-order valence-corrected chi connectivity index (χ0v) is 20.3. The van der Waals surface area contributed by atoms with Gasteiger partial charge in [0.15, 0.2) is 0 Å². The molecule has 0 fully saturated rings. The number of sulfonamides is 1. The van der Waals surface area contributed by atoms with Gasteiger partial charge in [-0.05, 0) is 50.5 Å². The van der Waals surface area contributed by atoms with Gasteiger partial charge in [0.05, 0.1) is 27.6 Å². The van der Waals surface area contributed by atoms with Crippen LogP contribution in [0.2, 0.25) is 0 Å². The lowest BCUT2D eigenvalue weighted by atomic mass is 10.1. The Labute approximate surface area is 199 Å². The van der Waals surface area contributed by atoms with Gasteiger partial charge in [-0.25, -0.2) is 8.42 Å². The number of nitrogens with one attached hydrogen (secondary N) is 1. The smallest absolute Gasteiger partial charge is 0.274 e. The van der Waals surface area contributed by atoms with Crippen molar-refractivity contribution in [1.29, 1.82) is 0 Å². The van der Waals surface area contributed by atoms with Gasteiger partial charge in [-0.15, -0.1) is 0 Å². The summed E-state index contributed by atoms with van der Waals surface area (Å²) in [4.78, 5) is 23.8. The predicted molar refractivity (Wildman–Crippen MR) is 131 cm³/mol. The molecular formula is C25H27N3O5S. The van der Waals surface area contributed by atoms with Crippen LogP contribution in [0.1, 0.15) is 27.8 Å². The van der Waals surface area contributed by atoms with Crippen LogP contribution in [0.25, 0.3) is 0 Å². The fourth-order valence-electron chi connectivity index (χ4n) is 4.02. The van der Waals surface area contributed by atoms with Crippen LogP contribution < -0.4 is 5.32 Å². The molecule has 3 rings (SSSR count). The zero-order chi connectivity index (χ0) is 25.0. The van der Waals surface area contributed by atoms with Gasteiger partial charge in [0.1, 0.15) is 0 Å². The number of carbonyl (C=O) groups excluding carboxylic acids is 1. The highest BCUT2D eigenvalue weighted by molar-refractivity contribution is 7.89. The topological polar surface area (TPSA) is 110 Å². The van der Waals surface area contributed by atoms with Crippen molar-refractivity contribution in [3.05, 3.63) is 98.6 Å². The molecule has 0 aliphatic carbocycles. The molecule has 3 aromatic rings. The minimum absolute atomic E-state index is 0.00271. The molecule has 0 heterocycles. The third-order valence-electron chi connectivity index (χ3n) is 5.50. The average Bonchev–Trinajstić information content (AvgIpc) is 2.74. The lowest BCUT2D eigenvalue weighted by Crippen LogP contribution is -2.38. The Morgan fingerprint density at radius 3 is 2.18 bits per heavy atom. The van der Waals surface area contributed by atoms with Gasteiger partial charge in [-0.3, -0.25) is 14.9 Å². The highest BCUT2D eigenvalue weighted by Gasteiger charge is 2.30. The molecule has 0 saturated carbocycles. The van der Waals surface area contributed by atoms with E-state index in [1.807, 2.05) is 13.0 Å². The Morgan fingerprint density at radius 1 is 0.971 bits per heavy atom. The fourth-order valence-corrected chi connectivity index (χ4v) is 5.82.